The molecule has 0 aliphatic heterocycles. The molecule has 0 unspecified atom stereocenters. The number of ether oxygens (including phenoxy) is 2. The molecule has 1 aromatic carbocycles. The van der Waals surface area contributed by atoms with Crippen molar-refractivity contribution in [1.29, 1.82) is 0 Å². The second-order valence-electron chi connectivity index (χ2n) is 7.71. The summed E-state index contributed by atoms with van der Waals surface area (Å²) in [5.41, 5.74) is 0.482. The van der Waals surface area contributed by atoms with Gasteiger partial charge < -0.3 is 20.1 Å². The van der Waals surface area contributed by atoms with Gasteiger partial charge in [0.15, 0.2) is 0 Å². The molecule has 2 N–H and O–H groups in total. The second kappa shape index (κ2) is 7.99. The van der Waals surface area contributed by atoms with Gasteiger partial charge in [0.2, 0.25) is 0 Å². The molecule has 0 saturated heterocycles. The molecule has 0 aromatic heterocycles. The van der Waals surface area contributed by atoms with Crippen molar-refractivity contribution in [2.45, 2.75) is 51.4 Å². The molecule has 1 aliphatic rings. The number of amides is 1. The molecule has 0 bridgehead atoms. The predicted octanol–water partition coefficient (Wildman–Crippen LogP) is 3.10. The molecule has 0 heterocycles. The molecule has 134 valence electrons. The molecule has 5 heteroatoms. The number of hydrogen-bond donors (Lipinski definition) is 2. The van der Waals surface area contributed by atoms with E-state index in [0.29, 0.717) is 12.5 Å². The van der Waals surface area contributed by atoms with Gasteiger partial charge >= 0.3 is 6.09 Å². The summed E-state index contributed by atoms with van der Waals surface area (Å²) in [6.45, 7) is 7.71. The van der Waals surface area contributed by atoms with E-state index in [2.05, 4.69) is 22.8 Å². The molecular weight excluding hydrogens is 304 g/mol. The fraction of sp³-hybridized carbons (Fsp3) is 0.632. The summed E-state index contributed by atoms with van der Waals surface area (Å²) >= 11 is 0. The molecule has 2 rings (SSSR count). The zero-order chi connectivity index (χ0) is 17.6. The molecule has 5 nitrogen and oxygen atoms in total. The van der Waals surface area contributed by atoms with Crippen molar-refractivity contribution in [3.05, 3.63) is 35.9 Å². The van der Waals surface area contributed by atoms with Crippen LogP contribution in [0.25, 0.3) is 0 Å². The minimum absolute atomic E-state index is 0.224. The van der Waals surface area contributed by atoms with Gasteiger partial charge in [-0.25, -0.2) is 4.79 Å². The van der Waals surface area contributed by atoms with Crippen LogP contribution in [0, 0.1) is 5.92 Å². The Balaban J connectivity index is 1.75. The fourth-order valence-corrected chi connectivity index (χ4v) is 3.23. The van der Waals surface area contributed by atoms with Gasteiger partial charge in [-0.05, 0) is 52.1 Å². The van der Waals surface area contributed by atoms with Gasteiger partial charge in [-0.3, -0.25) is 0 Å². The number of hydrogen-bond acceptors (Lipinski definition) is 4. The Bertz CT molecular complexity index is 519. The SMILES string of the molecule is CNCC1(NC(=O)OC(C)(C)C)CC(COCc2ccccc2)C1. The lowest BCUT2D eigenvalue weighted by Gasteiger charge is -2.48. The molecule has 0 spiro atoms. The maximum atomic E-state index is 12.1. The molecule has 0 radical (unpaired) electrons. The number of nitrogens with one attached hydrogen (secondary N) is 2. The van der Waals surface area contributed by atoms with Crippen LogP contribution in [0.3, 0.4) is 0 Å². The normalized spacial score (nSPS) is 23.4. The highest BCUT2D eigenvalue weighted by atomic mass is 16.6. The lowest BCUT2D eigenvalue weighted by molar-refractivity contribution is -0.00272. The van der Waals surface area contributed by atoms with Gasteiger partial charge in [0.05, 0.1) is 18.8 Å². The Labute approximate surface area is 145 Å². The van der Waals surface area contributed by atoms with Crippen molar-refractivity contribution in [3.63, 3.8) is 0 Å². The summed E-state index contributed by atoms with van der Waals surface area (Å²) in [5.74, 6) is 0.469. The topological polar surface area (TPSA) is 59.6 Å². The molecule has 24 heavy (non-hydrogen) atoms. The first-order valence-electron chi connectivity index (χ1n) is 8.59. The fourth-order valence-electron chi connectivity index (χ4n) is 3.23. The van der Waals surface area contributed by atoms with Crippen molar-refractivity contribution in [2.24, 2.45) is 5.92 Å². The van der Waals surface area contributed by atoms with E-state index in [0.717, 1.165) is 26.0 Å². The van der Waals surface area contributed by atoms with E-state index < -0.39 is 5.60 Å². The van der Waals surface area contributed by atoms with Crippen LogP contribution >= 0.6 is 0 Å². The first kappa shape index (κ1) is 18.7. The largest absolute Gasteiger partial charge is 0.444 e. The highest BCUT2D eigenvalue weighted by Crippen LogP contribution is 2.38. The molecule has 1 fully saturated rings. The Morgan fingerprint density at radius 3 is 2.50 bits per heavy atom. The Kier molecular flexibility index (Phi) is 6.24. The maximum Gasteiger partial charge on any atom is 0.408 e. The number of alkyl carbamates (subject to hydrolysis) is 1. The number of rotatable bonds is 7. The third-order valence-corrected chi connectivity index (χ3v) is 4.11. The van der Waals surface area contributed by atoms with E-state index >= 15 is 0 Å². The quantitative estimate of drug-likeness (QED) is 0.804. The number of likely N-dealkylation sites (N-methyl/N-ethyl adjacent to an activating group) is 1. The molecule has 1 saturated carbocycles. The Morgan fingerprint density at radius 2 is 1.92 bits per heavy atom. The summed E-state index contributed by atoms with van der Waals surface area (Å²) in [6, 6.07) is 10.2. The van der Waals surface area contributed by atoms with Crippen molar-refractivity contribution in [1.82, 2.24) is 10.6 Å². The summed E-state index contributed by atoms with van der Waals surface area (Å²) in [5, 5.41) is 6.22. The van der Waals surface area contributed by atoms with Crippen LogP contribution in [0.2, 0.25) is 0 Å². The average molecular weight is 334 g/mol. The van der Waals surface area contributed by atoms with E-state index in [1.54, 1.807) is 0 Å². The van der Waals surface area contributed by atoms with Crippen molar-refractivity contribution >= 4 is 6.09 Å². The van der Waals surface area contributed by atoms with Gasteiger partial charge in [-0.2, -0.15) is 0 Å². The van der Waals surface area contributed by atoms with Gasteiger partial charge in [-0.1, -0.05) is 30.3 Å². The third kappa shape index (κ3) is 5.80. The van der Waals surface area contributed by atoms with Gasteiger partial charge in [0.1, 0.15) is 5.60 Å². The van der Waals surface area contributed by atoms with Gasteiger partial charge in [0, 0.05) is 6.54 Å². The molecule has 0 atom stereocenters. The standard InChI is InChI=1S/C19H30N2O3/c1-18(2,3)24-17(22)21-19(14-20-4)10-16(11-19)13-23-12-15-8-6-5-7-9-15/h5-9,16,20H,10-14H2,1-4H3,(H,21,22). The first-order chi connectivity index (χ1) is 11.3. The van der Waals surface area contributed by atoms with Crippen LogP contribution in [0.1, 0.15) is 39.2 Å². The maximum absolute atomic E-state index is 12.1. The molecule has 1 amide bonds. The van der Waals surface area contributed by atoms with Gasteiger partial charge in [-0.15, -0.1) is 0 Å². The lowest BCUT2D eigenvalue weighted by Crippen LogP contribution is -2.63. The minimum Gasteiger partial charge on any atom is -0.444 e. The van der Waals surface area contributed by atoms with Crippen LogP contribution in [-0.4, -0.2) is 37.4 Å². The summed E-state index contributed by atoms with van der Waals surface area (Å²) in [4.78, 5) is 12.1. The van der Waals surface area contributed by atoms with Crippen molar-refractivity contribution in [2.75, 3.05) is 20.2 Å². The van der Waals surface area contributed by atoms with Crippen molar-refractivity contribution in [3.8, 4) is 0 Å². The lowest BCUT2D eigenvalue weighted by atomic mass is 9.68. The highest BCUT2D eigenvalue weighted by Gasteiger charge is 2.45. The van der Waals surface area contributed by atoms with Crippen LogP contribution in [0.4, 0.5) is 4.79 Å². The van der Waals surface area contributed by atoms with E-state index in [9.17, 15) is 4.79 Å². The van der Waals surface area contributed by atoms with Crippen LogP contribution in [0.15, 0.2) is 30.3 Å². The number of carbonyl (C=O) groups is 1. The van der Waals surface area contributed by atoms with E-state index in [1.165, 1.54) is 5.56 Å². The second-order valence-corrected chi connectivity index (χ2v) is 7.71. The van der Waals surface area contributed by atoms with E-state index in [1.807, 2.05) is 46.0 Å². The minimum atomic E-state index is -0.479. The average Bonchev–Trinajstić information content (AvgIpc) is 2.44. The van der Waals surface area contributed by atoms with E-state index in [4.69, 9.17) is 9.47 Å². The first-order valence-corrected chi connectivity index (χ1v) is 8.59. The summed E-state index contributed by atoms with van der Waals surface area (Å²) in [7, 11) is 1.90. The summed E-state index contributed by atoms with van der Waals surface area (Å²) in [6.07, 6.45) is 1.46. The summed E-state index contributed by atoms with van der Waals surface area (Å²) < 4.78 is 11.2. The number of benzene rings is 1. The van der Waals surface area contributed by atoms with Crippen LogP contribution < -0.4 is 10.6 Å². The van der Waals surface area contributed by atoms with Crippen LogP contribution in [-0.2, 0) is 16.1 Å². The number of carbonyl (C=O) groups excluding carboxylic acids is 1. The third-order valence-electron chi connectivity index (χ3n) is 4.11. The Morgan fingerprint density at radius 1 is 1.25 bits per heavy atom. The highest BCUT2D eigenvalue weighted by molar-refractivity contribution is 5.69. The zero-order valence-corrected chi connectivity index (χ0v) is 15.2. The molecule has 1 aliphatic carbocycles. The molecule has 1 aromatic rings. The Hall–Kier alpha value is -1.59. The predicted molar refractivity (Wildman–Crippen MR) is 94.8 cm³/mol. The smallest absolute Gasteiger partial charge is 0.408 e. The zero-order valence-electron chi connectivity index (χ0n) is 15.2. The van der Waals surface area contributed by atoms with Gasteiger partial charge in [0.25, 0.3) is 0 Å². The van der Waals surface area contributed by atoms with Crippen molar-refractivity contribution < 1.29 is 14.3 Å². The molecular formula is C19H30N2O3. The monoisotopic (exact) mass is 334 g/mol. The van der Waals surface area contributed by atoms with E-state index in [-0.39, 0.29) is 11.6 Å². The van der Waals surface area contributed by atoms with Crippen LogP contribution in [0.5, 0.6) is 0 Å².